The van der Waals surface area contributed by atoms with Gasteiger partial charge in [-0.15, -0.1) is 0 Å². The van der Waals surface area contributed by atoms with Gasteiger partial charge in [-0.05, 0) is 81.7 Å². The van der Waals surface area contributed by atoms with Crippen LogP contribution in [0.3, 0.4) is 0 Å². The molecule has 0 saturated carbocycles. The first-order chi connectivity index (χ1) is 15.3. The monoisotopic (exact) mass is 489 g/mol. The number of hydrogen-bond acceptors (Lipinski definition) is 4. The standard InChI is InChI=1S/C22H24F5N3O2S/c1-16-28-21-10-9-19(33(23,24,25,26)27)15-20(21)22(31)30(16)17-5-7-18(8-6-17)32-14-4-13-29-11-2-3-12-29/h5-10,15H,2-4,11-14H2,1H3. The summed E-state index contributed by atoms with van der Waals surface area (Å²) in [6, 6.07) is 7.67. The van der Waals surface area contributed by atoms with E-state index in [0.717, 1.165) is 36.7 Å². The van der Waals surface area contributed by atoms with Crippen molar-refractivity contribution in [2.75, 3.05) is 26.2 Å². The van der Waals surface area contributed by atoms with Gasteiger partial charge in [0.1, 0.15) is 16.5 Å². The van der Waals surface area contributed by atoms with E-state index in [1.807, 2.05) is 0 Å². The van der Waals surface area contributed by atoms with Gasteiger partial charge in [0.15, 0.2) is 0 Å². The summed E-state index contributed by atoms with van der Waals surface area (Å²) >= 11 is 0. The van der Waals surface area contributed by atoms with Crippen LogP contribution in [-0.2, 0) is 0 Å². The van der Waals surface area contributed by atoms with Crippen LogP contribution in [0, 0.1) is 6.92 Å². The lowest BCUT2D eigenvalue weighted by Gasteiger charge is -2.40. The summed E-state index contributed by atoms with van der Waals surface area (Å²) in [5.41, 5.74) is -0.605. The zero-order chi connectivity index (χ0) is 23.9. The molecule has 0 radical (unpaired) electrons. The van der Waals surface area contributed by atoms with Crippen LogP contribution in [0.15, 0.2) is 52.2 Å². The molecule has 1 saturated heterocycles. The minimum Gasteiger partial charge on any atom is -0.494 e. The topological polar surface area (TPSA) is 47.4 Å². The fourth-order valence-corrected chi connectivity index (χ4v) is 4.66. The van der Waals surface area contributed by atoms with Gasteiger partial charge < -0.3 is 9.64 Å². The predicted molar refractivity (Wildman–Crippen MR) is 119 cm³/mol. The molecule has 0 spiro atoms. The minimum atomic E-state index is -9.93. The van der Waals surface area contributed by atoms with Gasteiger partial charge in [0.25, 0.3) is 5.56 Å². The highest BCUT2D eigenvalue weighted by Gasteiger charge is 2.65. The third-order valence-electron chi connectivity index (χ3n) is 5.63. The molecule has 1 aromatic heterocycles. The molecule has 0 aliphatic carbocycles. The van der Waals surface area contributed by atoms with Crippen LogP contribution >= 0.6 is 10.2 Å². The molecule has 1 fully saturated rings. The van der Waals surface area contributed by atoms with Gasteiger partial charge in [0.2, 0.25) is 0 Å². The normalized spacial score (nSPS) is 17.2. The van der Waals surface area contributed by atoms with Gasteiger partial charge >= 0.3 is 10.2 Å². The Bertz CT molecular complexity index is 1240. The Morgan fingerprint density at radius 3 is 2.30 bits per heavy atom. The van der Waals surface area contributed by atoms with E-state index in [9.17, 15) is 24.2 Å². The van der Waals surface area contributed by atoms with Crippen molar-refractivity contribution in [1.82, 2.24) is 14.5 Å². The molecule has 3 aromatic rings. The van der Waals surface area contributed by atoms with Crippen LogP contribution < -0.4 is 10.3 Å². The Hall–Kier alpha value is -2.66. The van der Waals surface area contributed by atoms with E-state index in [2.05, 4.69) is 9.88 Å². The second-order valence-electron chi connectivity index (χ2n) is 8.19. The number of ether oxygens (including phenoxy) is 1. The van der Waals surface area contributed by atoms with Crippen LogP contribution in [0.1, 0.15) is 25.1 Å². The average Bonchev–Trinajstić information content (AvgIpc) is 3.24. The summed E-state index contributed by atoms with van der Waals surface area (Å²) in [4.78, 5) is 17.3. The van der Waals surface area contributed by atoms with E-state index in [1.165, 1.54) is 19.8 Å². The molecular formula is C22H24F5N3O2S. The third-order valence-corrected chi connectivity index (χ3v) is 6.78. The molecule has 4 rings (SSSR count). The summed E-state index contributed by atoms with van der Waals surface area (Å²) in [7, 11) is -9.93. The van der Waals surface area contributed by atoms with Crippen LogP contribution in [0.5, 0.6) is 5.75 Å². The molecule has 2 heterocycles. The number of aryl methyl sites for hydroxylation is 1. The maximum absolute atomic E-state index is 13.2. The number of rotatable bonds is 7. The lowest BCUT2D eigenvalue weighted by Crippen LogP contribution is -2.23. The van der Waals surface area contributed by atoms with Crippen molar-refractivity contribution in [2.45, 2.75) is 31.1 Å². The van der Waals surface area contributed by atoms with Crippen LogP contribution in [-0.4, -0.2) is 40.7 Å². The van der Waals surface area contributed by atoms with E-state index in [1.54, 1.807) is 24.3 Å². The summed E-state index contributed by atoms with van der Waals surface area (Å²) in [5.74, 6) is 0.801. The Morgan fingerprint density at radius 1 is 1.00 bits per heavy atom. The molecule has 0 bridgehead atoms. The third kappa shape index (κ3) is 5.30. The number of likely N-dealkylation sites (tertiary alicyclic amines) is 1. The number of nitrogens with zero attached hydrogens (tertiary/aromatic N) is 3. The highest BCUT2D eigenvalue weighted by atomic mass is 32.5. The van der Waals surface area contributed by atoms with E-state index in [-0.39, 0.29) is 23.5 Å². The second-order valence-corrected chi connectivity index (χ2v) is 10.6. The molecule has 0 unspecified atom stereocenters. The zero-order valence-corrected chi connectivity index (χ0v) is 18.8. The van der Waals surface area contributed by atoms with Crippen molar-refractivity contribution >= 4 is 21.1 Å². The average molecular weight is 490 g/mol. The molecule has 11 heteroatoms. The zero-order valence-electron chi connectivity index (χ0n) is 17.9. The van der Waals surface area contributed by atoms with E-state index in [4.69, 9.17) is 4.74 Å². The number of aromatic nitrogens is 2. The smallest absolute Gasteiger partial charge is 0.310 e. The lowest BCUT2D eigenvalue weighted by atomic mass is 10.2. The Morgan fingerprint density at radius 2 is 1.67 bits per heavy atom. The Kier molecular flexibility index (Phi) is 5.48. The largest absolute Gasteiger partial charge is 0.494 e. The van der Waals surface area contributed by atoms with Gasteiger partial charge in [-0.1, -0.05) is 19.4 Å². The van der Waals surface area contributed by atoms with Crippen LogP contribution in [0.2, 0.25) is 0 Å². The van der Waals surface area contributed by atoms with Crippen LogP contribution in [0.25, 0.3) is 16.6 Å². The van der Waals surface area contributed by atoms with Gasteiger partial charge in [-0.25, -0.2) is 4.98 Å². The molecule has 0 N–H and O–H groups in total. The SMILES string of the molecule is Cc1nc2ccc(S(F)(F)(F)(F)F)cc2c(=O)n1-c1ccc(OCCCN2CCCC2)cc1. The molecule has 1 aliphatic heterocycles. The molecule has 5 nitrogen and oxygen atoms in total. The molecule has 0 atom stereocenters. The molecule has 2 aromatic carbocycles. The predicted octanol–water partition coefficient (Wildman–Crippen LogP) is 6.22. The van der Waals surface area contributed by atoms with Gasteiger partial charge in [-0.2, -0.15) is 0 Å². The van der Waals surface area contributed by atoms with E-state index in [0.29, 0.717) is 18.0 Å². The van der Waals surface area contributed by atoms with Crippen molar-refractivity contribution in [3.05, 3.63) is 58.6 Å². The molecule has 1 aliphatic rings. The molecule has 0 amide bonds. The Balaban J connectivity index is 1.57. The number of halogens is 5. The second kappa shape index (κ2) is 7.69. The number of fused-ring (bicyclic) bond motifs is 1. The quantitative estimate of drug-likeness (QED) is 0.292. The first-order valence-corrected chi connectivity index (χ1v) is 12.5. The summed E-state index contributed by atoms with van der Waals surface area (Å²) in [6.07, 6.45) is 3.33. The van der Waals surface area contributed by atoms with Crippen molar-refractivity contribution in [1.29, 1.82) is 0 Å². The van der Waals surface area contributed by atoms with Crippen molar-refractivity contribution in [2.24, 2.45) is 0 Å². The van der Waals surface area contributed by atoms with E-state index >= 15 is 0 Å². The van der Waals surface area contributed by atoms with Gasteiger partial charge in [0, 0.05) is 6.54 Å². The highest BCUT2D eigenvalue weighted by Crippen LogP contribution is 3.02. The highest BCUT2D eigenvalue weighted by molar-refractivity contribution is 8.45. The first kappa shape index (κ1) is 23.5. The Labute approximate surface area is 187 Å². The van der Waals surface area contributed by atoms with Crippen molar-refractivity contribution in [3.8, 4) is 11.4 Å². The van der Waals surface area contributed by atoms with Crippen molar-refractivity contribution < 1.29 is 24.2 Å². The maximum atomic E-state index is 13.2. The summed E-state index contributed by atoms with van der Waals surface area (Å²) in [6.45, 7) is 5.25. The summed E-state index contributed by atoms with van der Waals surface area (Å²) in [5, 5.41) is -0.534. The van der Waals surface area contributed by atoms with Crippen LogP contribution in [0.4, 0.5) is 19.4 Å². The first-order valence-electron chi connectivity index (χ1n) is 10.5. The van der Waals surface area contributed by atoms with Gasteiger partial charge in [-0.3, -0.25) is 9.36 Å². The van der Waals surface area contributed by atoms with Gasteiger partial charge in [0.05, 0.1) is 23.2 Å². The lowest BCUT2D eigenvalue weighted by molar-refractivity contribution is 0.263. The fraction of sp³-hybridized carbons (Fsp3) is 0.364. The minimum absolute atomic E-state index is 0.0858. The molecular weight excluding hydrogens is 465 g/mol. The molecule has 33 heavy (non-hydrogen) atoms. The maximum Gasteiger partial charge on any atom is 0.310 e. The fourth-order valence-electron chi connectivity index (χ4n) is 4.00. The number of benzene rings is 2. The number of hydrogen-bond donors (Lipinski definition) is 0. The molecule has 180 valence electrons. The summed E-state index contributed by atoms with van der Waals surface area (Å²) < 4.78 is 72.9. The van der Waals surface area contributed by atoms with E-state index < -0.39 is 26.1 Å². The van der Waals surface area contributed by atoms with Crippen molar-refractivity contribution in [3.63, 3.8) is 0 Å².